The van der Waals surface area contributed by atoms with Gasteiger partial charge in [-0.25, -0.2) is 13.8 Å². The van der Waals surface area contributed by atoms with E-state index in [0.29, 0.717) is 6.07 Å². The summed E-state index contributed by atoms with van der Waals surface area (Å²) in [5.74, 6) is -2.29. The van der Waals surface area contributed by atoms with E-state index in [0.717, 1.165) is 18.2 Å². The predicted octanol–water partition coefficient (Wildman–Crippen LogP) is 4.47. The molecule has 5 nitrogen and oxygen atoms in total. The largest absolute Gasteiger partial charge is 0.416 e. The summed E-state index contributed by atoms with van der Waals surface area (Å²) in [7, 11) is -1.50. The average Bonchev–Trinajstić information content (AvgIpc) is 3.06. The number of hydrogen-bond acceptors (Lipinski definition) is 5. The normalized spacial score (nSPS) is 20.2. The average molecular weight is 498 g/mol. The molecular weight excluding hydrogens is 477 g/mol. The van der Waals surface area contributed by atoms with Gasteiger partial charge in [0.05, 0.1) is 33.9 Å². The van der Waals surface area contributed by atoms with Crippen molar-refractivity contribution in [2.75, 3.05) is 21.4 Å². The van der Waals surface area contributed by atoms with E-state index in [1.165, 1.54) is 16.7 Å². The SMILES string of the molecule is Cc1cc(C(F)(F)F)cc(N2CS(=O)C[C@@H]2C(O)N(c2cc(Cl)c(F)cc2F)C(C)C)n1. The van der Waals surface area contributed by atoms with Crippen LogP contribution in [0, 0.1) is 18.6 Å². The fourth-order valence-electron chi connectivity index (χ4n) is 3.65. The van der Waals surface area contributed by atoms with Gasteiger partial charge in [-0.05, 0) is 39.0 Å². The van der Waals surface area contributed by atoms with Gasteiger partial charge >= 0.3 is 6.18 Å². The fourth-order valence-corrected chi connectivity index (χ4v) is 5.28. The third-order valence-electron chi connectivity index (χ3n) is 5.05. The molecule has 2 aromatic rings. The summed E-state index contributed by atoms with van der Waals surface area (Å²) in [5, 5.41) is 10.8. The summed E-state index contributed by atoms with van der Waals surface area (Å²) in [6.07, 6.45) is -6.12. The maximum absolute atomic E-state index is 14.6. The maximum atomic E-state index is 14.6. The monoisotopic (exact) mass is 497 g/mol. The molecule has 3 rings (SSSR count). The van der Waals surface area contributed by atoms with Crippen molar-refractivity contribution in [2.24, 2.45) is 0 Å². The number of halogens is 6. The Bertz CT molecular complexity index is 1040. The zero-order valence-electron chi connectivity index (χ0n) is 17.3. The van der Waals surface area contributed by atoms with Crippen molar-refractivity contribution in [3.05, 3.63) is 52.2 Å². The molecule has 1 fully saturated rings. The molecule has 1 aromatic heterocycles. The van der Waals surface area contributed by atoms with Crippen molar-refractivity contribution in [3.8, 4) is 0 Å². The molecule has 1 aliphatic rings. The van der Waals surface area contributed by atoms with Gasteiger partial charge in [-0.15, -0.1) is 0 Å². The number of anilines is 2. The topological polar surface area (TPSA) is 56.7 Å². The second-order valence-electron chi connectivity index (χ2n) is 7.76. The molecule has 1 aromatic carbocycles. The van der Waals surface area contributed by atoms with Crippen LogP contribution in [0.3, 0.4) is 0 Å². The van der Waals surface area contributed by atoms with Crippen LogP contribution in [0.5, 0.6) is 0 Å². The predicted molar refractivity (Wildman–Crippen MR) is 113 cm³/mol. The van der Waals surface area contributed by atoms with Crippen molar-refractivity contribution in [2.45, 2.75) is 45.3 Å². The van der Waals surface area contributed by atoms with Crippen LogP contribution >= 0.6 is 11.6 Å². The Hall–Kier alpha value is -1.98. The van der Waals surface area contributed by atoms with Crippen molar-refractivity contribution in [3.63, 3.8) is 0 Å². The lowest BCUT2D eigenvalue weighted by atomic mass is 10.1. The minimum absolute atomic E-state index is 0.0854. The molecule has 0 bridgehead atoms. The summed E-state index contributed by atoms with van der Waals surface area (Å²) in [4.78, 5) is 6.68. The number of aliphatic hydroxyl groups excluding tert-OH is 1. The van der Waals surface area contributed by atoms with Crippen LogP contribution in [0.25, 0.3) is 0 Å². The first-order valence-electron chi connectivity index (χ1n) is 9.58. The molecule has 0 saturated carbocycles. The minimum atomic E-state index is -4.62. The summed E-state index contributed by atoms with van der Waals surface area (Å²) in [6, 6.07) is 1.83. The van der Waals surface area contributed by atoms with Crippen LogP contribution in [0.15, 0.2) is 24.3 Å². The third-order valence-corrected chi connectivity index (χ3v) is 6.62. The van der Waals surface area contributed by atoms with Gasteiger partial charge in [-0.2, -0.15) is 13.2 Å². The van der Waals surface area contributed by atoms with E-state index >= 15 is 0 Å². The number of aromatic nitrogens is 1. The zero-order chi connectivity index (χ0) is 24.0. The highest BCUT2D eigenvalue weighted by molar-refractivity contribution is 7.85. The first-order valence-corrected chi connectivity index (χ1v) is 11.4. The maximum Gasteiger partial charge on any atom is 0.416 e. The first-order chi connectivity index (χ1) is 14.8. The van der Waals surface area contributed by atoms with Crippen LogP contribution in [0.1, 0.15) is 25.1 Å². The van der Waals surface area contributed by atoms with Gasteiger partial charge in [0, 0.05) is 28.6 Å². The number of hydrogen-bond donors (Lipinski definition) is 1. The smallest absolute Gasteiger partial charge is 0.371 e. The van der Waals surface area contributed by atoms with Crippen LogP contribution in [-0.4, -0.2) is 44.2 Å². The third kappa shape index (κ3) is 4.99. The Morgan fingerprint density at radius 1 is 1.22 bits per heavy atom. The second-order valence-corrected chi connectivity index (χ2v) is 9.64. The fraction of sp³-hybridized carbons (Fsp3) is 0.450. The number of nitrogens with zero attached hydrogens (tertiary/aromatic N) is 3. The number of alkyl halides is 3. The number of benzene rings is 1. The molecule has 12 heteroatoms. The molecule has 0 amide bonds. The molecule has 1 N–H and O–H groups in total. The van der Waals surface area contributed by atoms with E-state index in [2.05, 4.69) is 4.98 Å². The van der Waals surface area contributed by atoms with Gasteiger partial charge in [-0.1, -0.05) is 11.6 Å². The molecule has 0 aliphatic carbocycles. The summed E-state index contributed by atoms with van der Waals surface area (Å²) >= 11 is 5.80. The zero-order valence-corrected chi connectivity index (χ0v) is 18.9. The summed E-state index contributed by atoms with van der Waals surface area (Å²) in [5.41, 5.74) is -1.02. The van der Waals surface area contributed by atoms with E-state index in [1.54, 1.807) is 13.8 Å². The van der Waals surface area contributed by atoms with Crippen molar-refractivity contribution >= 4 is 33.9 Å². The number of aryl methyl sites for hydroxylation is 1. The molecule has 2 heterocycles. The van der Waals surface area contributed by atoms with E-state index in [1.807, 2.05) is 0 Å². The number of aliphatic hydroxyl groups is 1. The Balaban J connectivity index is 2.04. The molecule has 3 atom stereocenters. The van der Waals surface area contributed by atoms with E-state index in [9.17, 15) is 31.3 Å². The van der Waals surface area contributed by atoms with Crippen LogP contribution in [-0.2, 0) is 17.0 Å². The lowest BCUT2D eigenvalue weighted by molar-refractivity contribution is -0.137. The summed E-state index contributed by atoms with van der Waals surface area (Å²) < 4.78 is 80.4. The second kappa shape index (κ2) is 9.11. The van der Waals surface area contributed by atoms with E-state index < -0.39 is 52.5 Å². The Kier molecular flexibility index (Phi) is 7.02. The summed E-state index contributed by atoms with van der Waals surface area (Å²) in [6.45, 7) is 4.68. The van der Waals surface area contributed by atoms with Gasteiger partial charge in [0.15, 0.2) is 0 Å². The van der Waals surface area contributed by atoms with Crippen molar-refractivity contribution in [1.82, 2.24) is 4.98 Å². The highest BCUT2D eigenvalue weighted by atomic mass is 35.5. The molecule has 176 valence electrons. The van der Waals surface area contributed by atoms with Crippen molar-refractivity contribution in [1.29, 1.82) is 0 Å². The van der Waals surface area contributed by atoms with Gasteiger partial charge < -0.3 is 14.9 Å². The lowest BCUT2D eigenvalue weighted by Gasteiger charge is -2.39. The number of rotatable bonds is 5. The quantitative estimate of drug-likeness (QED) is 0.375. The molecule has 1 saturated heterocycles. The Morgan fingerprint density at radius 3 is 2.47 bits per heavy atom. The Morgan fingerprint density at radius 2 is 1.88 bits per heavy atom. The Labute approximate surface area is 189 Å². The number of pyridine rings is 1. The first kappa shape index (κ1) is 24.7. The van der Waals surface area contributed by atoms with Crippen LogP contribution in [0.4, 0.5) is 33.5 Å². The van der Waals surface area contributed by atoms with Gasteiger partial charge in [0.1, 0.15) is 23.7 Å². The molecule has 0 radical (unpaired) electrons. The molecular formula is C20H21ClF5N3O2S. The molecule has 2 unspecified atom stereocenters. The van der Waals surface area contributed by atoms with Gasteiger partial charge in [0.2, 0.25) is 0 Å². The molecule has 0 spiro atoms. The highest BCUT2D eigenvalue weighted by Gasteiger charge is 2.41. The standard InChI is InChI=1S/C20H21ClF5N3O2S/c1-10(2)29(16-6-13(21)14(22)7-15(16)23)19(30)17-8-32(31)9-28(17)18-5-12(20(24,25)26)4-11(3)27-18/h4-7,10,17,19,30H,8-9H2,1-3H3/t17-,19?,32?/m1/s1. The molecule has 32 heavy (non-hydrogen) atoms. The van der Waals surface area contributed by atoms with Gasteiger partial charge in [-0.3, -0.25) is 4.21 Å². The minimum Gasteiger partial charge on any atom is -0.371 e. The van der Waals surface area contributed by atoms with E-state index in [-0.39, 0.29) is 33.9 Å². The van der Waals surface area contributed by atoms with Crippen molar-refractivity contribution < 1.29 is 31.3 Å². The molecule has 1 aliphatic heterocycles. The van der Waals surface area contributed by atoms with Gasteiger partial charge in [0.25, 0.3) is 0 Å². The lowest BCUT2D eigenvalue weighted by Crippen LogP contribution is -2.53. The van der Waals surface area contributed by atoms with E-state index in [4.69, 9.17) is 11.6 Å². The van der Waals surface area contributed by atoms with Crippen LogP contribution in [0.2, 0.25) is 5.02 Å². The highest BCUT2D eigenvalue weighted by Crippen LogP contribution is 2.35. The van der Waals surface area contributed by atoms with Crippen LogP contribution < -0.4 is 9.80 Å².